The van der Waals surface area contributed by atoms with Crippen molar-refractivity contribution in [2.75, 3.05) is 26.7 Å². The minimum Gasteiger partial charge on any atom is -0.496 e. The van der Waals surface area contributed by atoms with E-state index in [2.05, 4.69) is 15.7 Å². The summed E-state index contributed by atoms with van der Waals surface area (Å²) in [7, 11) is 1.67. The van der Waals surface area contributed by atoms with E-state index in [0.717, 1.165) is 34.8 Å². The van der Waals surface area contributed by atoms with Gasteiger partial charge in [0.2, 0.25) is 0 Å². The van der Waals surface area contributed by atoms with Crippen LogP contribution < -0.4 is 10.1 Å². The average molecular weight is 394 g/mol. The summed E-state index contributed by atoms with van der Waals surface area (Å²) in [6, 6.07) is 13.7. The van der Waals surface area contributed by atoms with Crippen molar-refractivity contribution < 1.29 is 9.53 Å². The number of nitrogens with zero attached hydrogens (tertiary/aromatic N) is 2. The van der Waals surface area contributed by atoms with Gasteiger partial charge in [0, 0.05) is 36.1 Å². The summed E-state index contributed by atoms with van der Waals surface area (Å²) >= 11 is 1.64. The molecule has 6 heteroatoms. The first-order chi connectivity index (χ1) is 13.7. The van der Waals surface area contributed by atoms with Crippen LogP contribution in [0.4, 0.5) is 0 Å². The van der Waals surface area contributed by atoms with Crippen molar-refractivity contribution in [1.29, 1.82) is 0 Å². The number of methoxy groups -OCH3 is 1. The second-order valence-corrected chi connectivity index (χ2v) is 7.58. The maximum atomic E-state index is 13.4. The molecule has 2 aromatic heterocycles. The second kappa shape index (κ2) is 8.12. The van der Waals surface area contributed by atoms with Crippen LogP contribution in [0, 0.1) is 6.92 Å². The van der Waals surface area contributed by atoms with Crippen molar-refractivity contribution in [1.82, 2.24) is 15.2 Å². The molecule has 144 valence electrons. The van der Waals surface area contributed by atoms with Crippen molar-refractivity contribution in [2.24, 2.45) is 0 Å². The fourth-order valence-corrected chi connectivity index (χ4v) is 4.33. The molecule has 5 nitrogen and oxygen atoms in total. The molecule has 3 heterocycles. The summed E-state index contributed by atoms with van der Waals surface area (Å²) in [5, 5.41) is 7.50. The van der Waals surface area contributed by atoms with Crippen LogP contribution in [-0.4, -0.2) is 42.5 Å². The molecule has 1 fully saturated rings. The maximum absolute atomic E-state index is 13.4. The van der Waals surface area contributed by atoms with Crippen LogP contribution in [0.1, 0.15) is 27.7 Å². The Bertz CT molecular complexity index is 972. The molecule has 1 unspecified atom stereocenters. The fraction of sp³-hybridized carbons (Fsp3) is 0.273. The van der Waals surface area contributed by atoms with Gasteiger partial charge in [-0.15, -0.1) is 0 Å². The predicted octanol–water partition coefficient (Wildman–Crippen LogP) is 3.91. The van der Waals surface area contributed by atoms with E-state index in [0.29, 0.717) is 18.7 Å². The number of piperazine rings is 1. The van der Waals surface area contributed by atoms with Crippen molar-refractivity contribution in [2.45, 2.75) is 13.0 Å². The van der Waals surface area contributed by atoms with Gasteiger partial charge in [0.25, 0.3) is 5.91 Å². The van der Waals surface area contributed by atoms with Crippen LogP contribution in [0.2, 0.25) is 0 Å². The first-order valence-corrected chi connectivity index (χ1v) is 10.3. The van der Waals surface area contributed by atoms with Crippen LogP contribution in [0.3, 0.4) is 0 Å². The molecule has 0 saturated carbocycles. The summed E-state index contributed by atoms with van der Waals surface area (Å²) in [5.41, 5.74) is 4.41. The molecule has 1 amide bonds. The van der Waals surface area contributed by atoms with Crippen molar-refractivity contribution in [3.8, 4) is 17.0 Å². The number of nitrogens with one attached hydrogen (secondary N) is 1. The number of carbonyl (C=O) groups is 1. The Hall–Kier alpha value is -2.70. The summed E-state index contributed by atoms with van der Waals surface area (Å²) in [4.78, 5) is 20.0. The topological polar surface area (TPSA) is 54.5 Å². The molecule has 1 aliphatic rings. The zero-order valence-electron chi connectivity index (χ0n) is 16.0. The number of rotatable bonds is 4. The van der Waals surface area contributed by atoms with E-state index in [1.807, 2.05) is 59.7 Å². The number of aromatic nitrogens is 1. The van der Waals surface area contributed by atoms with Gasteiger partial charge in [-0.25, -0.2) is 0 Å². The first-order valence-electron chi connectivity index (χ1n) is 9.34. The normalized spacial score (nSPS) is 16.8. The number of pyridine rings is 1. The molecule has 1 atom stereocenters. The molecule has 0 bridgehead atoms. The van der Waals surface area contributed by atoms with Crippen molar-refractivity contribution in [3.05, 3.63) is 70.0 Å². The van der Waals surface area contributed by atoms with Crippen molar-refractivity contribution in [3.63, 3.8) is 0 Å². The highest BCUT2D eigenvalue weighted by atomic mass is 32.1. The van der Waals surface area contributed by atoms with Crippen molar-refractivity contribution >= 4 is 17.2 Å². The smallest absolute Gasteiger partial charge is 0.256 e. The highest BCUT2D eigenvalue weighted by Gasteiger charge is 2.31. The van der Waals surface area contributed by atoms with E-state index < -0.39 is 0 Å². The number of ether oxygens (including phenoxy) is 1. The molecule has 1 aliphatic heterocycles. The lowest BCUT2D eigenvalue weighted by Gasteiger charge is -2.37. The standard InChI is InChI=1S/C22H23N3O2S/c1-15-17(7-8-19(24-15)16-9-12-28-14-16)22(26)25-11-10-23-13-20(25)18-5-3-4-6-21(18)27-2/h3-9,12,14,20,23H,10-11,13H2,1-2H3. The monoisotopic (exact) mass is 393 g/mol. The molecule has 1 saturated heterocycles. The maximum Gasteiger partial charge on any atom is 0.256 e. The summed E-state index contributed by atoms with van der Waals surface area (Å²) in [6.07, 6.45) is 0. The molecule has 1 aromatic carbocycles. The minimum absolute atomic E-state index is 0.0132. The Balaban J connectivity index is 1.66. The minimum atomic E-state index is -0.0756. The van der Waals surface area contributed by atoms with E-state index >= 15 is 0 Å². The summed E-state index contributed by atoms with van der Waals surface area (Å²) < 4.78 is 5.54. The van der Waals surface area contributed by atoms with Gasteiger partial charge in [0.05, 0.1) is 30.1 Å². The Morgan fingerprint density at radius 1 is 1.25 bits per heavy atom. The zero-order chi connectivity index (χ0) is 19.5. The Kier molecular flexibility index (Phi) is 5.41. The van der Waals surface area contributed by atoms with E-state index in [-0.39, 0.29) is 11.9 Å². The molecule has 3 aromatic rings. The van der Waals surface area contributed by atoms with Gasteiger partial charge >= 0.3 is 0 Å². The lowest BCUT2D eigenvalue weighted by molar-refractivity contribution is 0.0630. The molecule has 0 aliphatic carbocycles. The molecule has 0 radical (unpaired) electrons. The number of thiophene rings is 1. The van der Waals surface area contributed by atoms with Gasteiger partial charge < -0.3 is 15.0 Å². The number of para-hydroxylation sites is 1. The van der Waals surface area contributed by atoms with E-state index in [4.69, 9.17) is 4.74 Å². The van der Waals surface area contributed by atoms with Crippen LogP contribution in [-0.2, 0) is 0 Å². The molecule has 4 rings (SSSR count). The van der Waals surface area contributed by atoms with Crippen LogP contribution in [0.25, 0.3) is 11.3 Å². The lowest BCUT2D eigenvalue weighted by atomic mass is 10.0. The Morgan fingerprint density at radius 2 is 2.11 bits per heavy atom. The summed E-state index contributed by atoms with van der Waals surface area (Å²) in [6.45, 7) is 4.03. The molecule has 0 spiro atoms. The van der Waals surface area contributed by atoms with Gasteiger partial charge in [0.1, 0.15) is 5.75 Å². The van der Waals surface area contributed by atoms with Gasteiger partial charge in [-0.1, -0.05) is 18.2 Å². The molecule has 1 N–H and O–H groups in total. The van der Waals surface area contributed by atoms with Crippen LogP contribution in [0.15, 0.2) is 53.2 Å². The third-order valence-corrected chi connectivity index (χ3v) is 5.82. The van der Waals surface area contributed by atoms with Gasteiger partial charge in [-0.05, 0) is 36.6 Å². The number of benzene rings is 1. The van der Waals surface area contributed by atoms with Gasteiger partial charge in [-0.2, -0.15) is 11.3 Å². The second-order valence-electron chi connectivity index (χ2n) is 6.80. The number of amides is 1. The number of hydrogen-bond donors (Lipinski definition) is 1. The Morgan fingerprint density at radius 3 is 2.86 bits per heavy atom. The Labute approximate surface area is 169 Å². The quantitative estimate of drug-likeness (QED) is 0.730. The average Bonchev–Trinajstić information content (AvgIpc) is 3.28. The SMILES string of the molecule is COc1ccccc1C1CNCCN1C(=O)c1ccc(-c2ccsc2)nc1C. The highest BCUT2D eigenvalue weighted by Crippen LogP contribution is 2.31. The summed E-state index contributed by atoms with van der Waals surface area (Å²) in [5.74, 6) is 0.816. The van der Waals surface area contributed by atoms with E-state index in [1.54, 1.807) is 18.4 Å². The predicted molar refractivity (Wildman–Crippen MR) is 112 cm³/mol. The van der Waals surface area contributed by atoms with Crippen LogP contribution in [0.5, 0.6) is 5.75 Å². The lowest BCUT2D eigenvalue weighted by Crippen LogP contribution is -2.49. The largest absolute Gasteiger partial charge is 0.496 e. The molecule has 28 heavy (non-hydrogen) atoms. The highest BCUT2D eigenvalue weighted by molar-refractivity contribution is 7.08. The van der Waals surface area contributed by atoms with E-state index in [1.165, 1.54) is 0 Å². The number of hydrogen-bond acceptors (Lipinski definition) is 5. The third kappa shape index (κ3) is 3.53. The number of aryl methyl sites for hydroxylation is 1. The fourth-order valence-electron chi connectivity index (χ4n) is 3.68. The number of carbonyl (C=O) groups excluding carboxylic acids is 1. The molecular weight excluding hydrogens is 370 g/mol. The third-order valence-electron chi connectivity index (χ3n) is 5.14. The first kappa shape index (κ1) is 18.7. The van der Waals surface area contributed by atoms with Gasteiger partial charge in [-0.3, -0.25) is 9.78 Å². The molecular formula is C22H23N3O2S. The van der Waals surface area contributed by atoms with E-state index in [9.17, 15) is 4.79 Å². The van der Waals surface area contributed by atoms with Crippen LogP contribution >= 0.6 is 11.3 Å². The van der Waals surface area contributed by atoms with Gasteiger partial charge in [0.15, 0.2) is 0 Å². The zero-order valence-corrected chi connectivity index (χ0v) is 16.8.